The molecule has 0 bridgehead atoms. The van der Waals surface area contributed by atoms with Crippen LogP contribution in [-0.4, -0.2) is 15.9 Å². The van der Waals surface area contributed by atoms with Crippen molar-refractivity contribution in [2.45, 2.75) is 6.61 Å². The minimum atomic E-state index is -0.596. The summed E-state index contributed by atoms with van der Waals surface area (Å²) in [5.41, 5.74) is 7.81. The van der Waals surface area contributed by atoms with Crippen molar-refractivity contribution in [3.05, 3.63) is 76.3 Å². The van der Waals surface area contributed by atoms with Gasteiger partial charge in [0.2, 0.25) is 0 Å². The summed E-state index contributed by atoms with van der Waals surface area (Å²) in [5, 5.41) is 2.93. The monoisotopic (exact) mass is 456 g/mol. The molecule has 0 saturated carbocycles. The number of benzene rings is 2. The van der Waals surface area contributed by atoms with Crippen LogP contribution in [0.4, 0.5) is 16.1 Å². The highest BCUT2D eigenvalue weighted by molar-refractivity contribution is 9.10. The first kappa shape index (κ1) is 18.9. The van der Waals surface area contributed by atoms with Gasteiger partial charge in [0.25, 0.3) is 11.9 Å². The normalized spacial score (nSPS) is 10.8. The molecule has 29 heavy (non-hydrogen) atoms. The zero-order valence-corrected chi connectivity index (χ0v) is 16.4. The molecule has 0 saturated heterocycles. The lowest BCUT2D eigenvalue weighted by Crippen LogP contribution is -2.13. The van der Waals surface area contributed by atoms with E-state index in [0.717, 1.165) is 5.56 Å². The lowest BCUT2D eigenvalue weighted by Gasteiger charge is -2.06. The number of aromatic nitrogens is 2. The van der Waals surface area contributed by atoms with Gasteiger partial charge in [0.05, 0.1) is 4.47 Å². The highest BCUT2D eigenvalue weighted by atomic mass is 79.9. The van der Waals surface area contributed by atoms with Gasteiger partial charge in [0.1, 0.15) is 29.4 Å². The number of amides is 1. The van der Waals surface area contributed by atoms with Gasteiger partial charge in [-0.1, -0.05) is 0 Å². The average Bonchev–Trinajstić information content (AvgIpc) is 3.11. The van der Waals surface area contributed by atoms with Crippen molar-refractivity contribution in [1.29, 1.82) is 0 Å². The van der Waals surface area contributed by atoms with Crippen LogP contribution in [0.1, 0.15) is 16.1 Å². The Balaban J connectivity index is 1.48. The zero-order chi connectivity index (χ0) is 20.4. The molecule has 2 heterocycles. The third-order valence-corrected chi connectivity index (χ3v) is 4.66. The predicted molar refractivity (Wildman–Crippen MR) is 108 cm³/mol. The molecule has 0 radical (unpaired) electrons. The van der Waals surface area contributed by atoms with Crippen LogP contribution in [-0.2, 0) is 6.61 Å². The van der Waals surface area contributed by atoms with E-state index in [-0.39, 0.29) is 18.3 Å². The molecule has 0 aliphatic carbocycles. The fraction of sp³-hybridized carbons (Fsp3) is 0.0500. The van der Waals surface area contributed by atoms with E-state index in [1.54, 1.807) is 42.5 Å². The minimum absolute atomic E-state index is 0.179. The third-order valence-electron chi connectivity index (χ3n) is 4.01. The number of nitrogens with one attached hydrogen (secondary N) is 1. The van der Waals surface area contributed by atoms with Crippen LogP contribution in [0.2, 0.25) is 0 Å². The van der Waals surface area contributed by atoms with E-state index in [1.165, 1.54) is 12.3 Å². The van der Waals surface area contributed by atoms with E-state index in [2.05, 4.69) is 31.2 Å². The Labute approximate surface area is 172 Å². The van der Waals surface area contributed by atoms with Crippen molar-refractivity contribution in [1.82, 2.24) is 9.97 Å². The van der Waals surface area contributed by atoms with Gasteiger partial charge in [-0.05, 0) is 64.0 Å². The Morgan fingerprint density at radius 2 is 2.07 bits per heavy atom. The molecule has 0 aliphatic heterocycles. The Morgan fingerprint density at radius 1 is 1.21 bits per heavy atom. The van der Waals surface area contributed by atoms with Crippen LogP contribution in [0, 0.1) is 5.82 Å². The maximum absolute atomic E-state index is 13.6. The predicted octanol–water partition coefficient (Wildman–Crippen LogP) is 4.55. The number of nitrogens with two attached hydrogens (primary N) is 1. The second-order valence-corrected chi connectivity index (χ2v) is 6.96. The fourth-order valence-electron chi connectivity index (χ4n) is 2.61. The molecule has 0 spiro atoms. The van der Waals surface area contributed by atoms with Crippen LogP contribution in [0.15, 0.2) is 63.6 Å². The number of halogens is 2. The van der Waals surface area contributed by atoms with Crippen molar-refractivity contribution in [3.8, 4) is 5.75 Å². The van der Waals surface area contributed by atoms with Crippen molar-refractivity contribution in [2.75, 3.05) is 5.32 Å². The molecule has 0 fully saturated rings. The number of hydrogen-bond donors (Lipinski definition) is 2. The number of carbonyl (C=O) groups excluding carboxylic acids is 1. The third kappa shape index (κ3) is 4.35. The molecular weight excluding hydrogens is 443 g/mol. The number of rotatable bonds is 6. The van der Waals surface area contributed by atoms with E-state index in [0.29, 0.717) is 27.0 Å². The van der Waals surface area contributed by atoms with Gasteiger partial charge in [-0.3, -0.25) is 9.78 Å². The summed E-state index contributed by atoms with van der Waals surface area (Å²) in [6, 6.07) is 13.4. The molecule has 9 heteroatoms. The van der Waals surface area contributed by atoms with Crippen molar-refractivity contribution < 1.29 is 18.3 Å². The second kappa shape index (κ2) is 7.88. The van der Waals surface area contributed by atoms with Gasteiger partial charge in [0.15, 0.2) is 5.58 Å². The number of anilines is 2. The maximum Gasteiger partial charge on any atom is 0.300 e. The molecular formula is C20H14BrFN4O3. The number of primary amides is 1. The van der Waals surface area contributed by atoms with E-state index < -0.39 is 11.7 Å². The molecule has 0 unspecified atom stereocenters. The standard InChI is InChI=1S/C20H14BrFN4O3/c21-14-3-1-12(8-15(14)22)25-20-26-16-9-13(2-4-18(16)29-20)28-10-11-5-6-24-17(7-11)19(23)27/h1-9H,10H2,(H2,23,27)(H,25,26). The number of ether oxygens (including phenoxy) is 1. The number of fused-ring (bicyclic) bond motifs is 1. The van der Waals surface area contributed by atoms with E-state index in [4.69, 9.17) is 14.9 Å². The molecule has 4 aromatic rings. The molecule has 2 aromatic heterocycles. The van der Waals surface area contributed by atoms with E-state index in [1.807, 2.05) is 0 Å². The van der Waals surface area contributed by atoms with Crippen LogP contribution >= 0.6 is 15.9 Å². The molecule has 1 amide bonds. The van der Waals surface area contributed by atoms with E-state index in [9.17, 15) is 9.18 Å². The summed E-state index contributed by atoms with van der Waals surface area (Å²) in [6.45, 7) is 0.232. The molecule has 146 valence electrons. The van der Waals surface area contributed by atoms with Crippen molar-refractivity contribution >= 4 is 44.6 Å². The van der Waals surface area contributed by atoms with E-state index >= 15 is 0 Å². The molecule has 7 nitrogen and oxygen atoms in total. The molecule has 2 aromatic carbocycles. The van der Waals surface area contributed by atoms with Crippen LogP contribution in [0.25, 0.3) is 11.1 Å². The second-order valence-electron chi connectivity index (χ2n) is 6.10. The zero-order valence-electron chi connectivity index (χ0n) is 14.9. The average molecular weight is 457 g/mol. The minimum Gasteiger partial charge on any atom is -0.489 e. The Bertz CT molecular complexity index is 1210. The fourth-order valence-corrected chi connectivity index (χ4v) is 2.86. The molecule has 4 rings (SSSR count). The first-order valence-electron chi connectivity index (χ1n) is 8.48. The van der Waals surface area contributed by atoms with Gasteiger partial charge in [0, 0.05) is 18.0 Å². The lowest BCUT2D eigenvalue weighted by molar-refractivity contribution is 0.0995. The van der Waals surface area contributed by atoms with Gasteiger partial charge >= 0.3 is 0 Å². The number of carbonyl (C=O) groups is 1. The quantitative estimate of drug-likeness (QED) is 0.441. The SMILES string of the molecule is NC(=O)c1cc(COc2ccc3oc(Nc4ccc(Br)c(F)c4)nc3c2)ccn1. The Morgan fingerprint density at radius 3 is 2.86 bits per heavy atom. The summed E-state index contributed by atoms with van der Waals surface area (Å²) in [5.74, 6) is -0.413. The lowest BCUT2D eigenvalue weighted by atomic mass is 10.2. The maximum atomic E-state index is 13.6. The first-order valence-corrected chi connectivity index (χ1v) is 9.27. The summed E-state index contributed by atoms with van der Waals surface area (Å²) in [7, 11) is 0. The number of pyridine rings is 1. The largest absolute Gasteiger partial charge is 0.489 e. The highest BCUT2D eigenvalue weighted by Crippen LogP contribution is 2.27. The van der Waals surface area contributed by atoms with Crippen LogP contribution < -0.4 is 15.8 Å². The Hall–Kier alpha value is -3.46. The summed E-state index contributed by atoms with van der Waals surface area (Å²) >= 11 is 3.11. The van der Waals surface area contributed by atoms with Gasteiger partial charge in [-0.15, -0.1) is 0 Å². The summed E-state index contributed by atoms with van der Waals surface area (Å²) in [4.78, 5) is 19.5. The van der Waals surface area contributed by atoms with Crippen LogP contribution in [0.5, 0.6) is 5.75 Å². The number of nitrogens with zero attached hydrogens (tertiary/aromatic N) is 2. The number of oxazole rings is 1. The number of hydrogen-bond acceptors (Lipinski definition) is 6. The smallest absolute Gasteiger partial charge is 0.300 e. The van der Waals surface area contributed by atoms with Gasteiger partial charge in [-0.2, -0.15) is 4.98 Å². The first-order chi connectivity index (χ1) is 14.0. The van der Waals surface area contributed by atoms with Crippen molar-refractivity contribution in [3.63, 3.8) is 0 Å². The topological polar surface area (TPSA) is 103 Å². The highest BCUT2D eigenvalue weighted by Gasteiger charge is 2.09. The summed E-state index contributed by atoms with van der Waals surface area (Å²) in [6.07, 6.45) is 1.50. The molecule has 3 N–H and O–H groups in total. The van der Waals surface area contributed by atoms with Gasteiger partial charge < -0.3 is 20.2 Å². The summed E-state index contributed by atoms with van der Waals surface area (Å²) < 4.78 is 25.4. The van der Waals surface area contributed by atoms with Crippen LogP contribution in [0.3, 0.4) is 0 Å². The van der Waals surface area contributed by atoms with Crippen molar-refractivity contribution in [2.24, 2.45) is 5.73 Å². The Kier molecular flexibility index (Phi) is 5.13. The molecule has 0 aliphatic rings. The van der Waals surface area contributed by atoms with Gasteiger partial charge in [-0.25, -0.2) is 4.39 Å². The molecule has 0 atom stereocenters.